The predicted molar refractivity (Wildman–Crippen MR) is 101 cm³/mol. The molecule has 26 heavy (non-hydrogen) atoms. The third-order valence-electron chi connectivity index (χ3n) is 5.38. The molecule has 0 spiro atoms. The summed E-state index contributed by atoms with van der Waals surface area (Å²) >= 11 is 0. The van der Waals surface area contributed by atoms with Gasteiger partial charge in [0.1, 0.15) is 5.82 Å². The fraction of sp³-hybridized carbons (Fsp3) is 0.450. The highest BCUT2D eigenvalue weighted by molar-refractivity contribution is 5.82. The maximum absolute atomic E-state index is 12.6. The van der Waals surface area contributed by atoms with Crippen LogP contribution in [0.3, 0.4) is 0 Å². The highest BCUT2D eigenvalue weighted by atomic mass is 16.2. The highest BCUT2D eigenvalue weighted by Gasteiger charge is 2.31. The van der Waals surface area contributed by atoms with Crippen molar-refractivity contribution < 1.29 is 4.79 Å². The fourth-order valence-corrected chi connectivity index (χ4v) is 3.91. The number of carbonyl (C=O) groups is 1. The molecule has 1 amide bonds. The molecule has 6 heteroatoms. The summed E-state index contributed by atoms with van der Waals surface area (Å²) in [6, 6.07) is 10.8. The molecule has 0 aliphatic carbocycles. The van der Waals surface area contributed by atoms with E-state index in [0.717, 1.165) is 44.6 Å². The number of hydrogen-bond acceptors (Lipinski definition) is 5. The first-order valence-corrected chi connectivity index (χ1v) is 9.42. The Morgan fingerprint density at radius 3 is 2.62 bits per heavy atom. The minimum Gasteiger partial charge on any atom is -0.355 e. The summed E-state index contributed by atoms with van der Waals surface area (Å²) in [6.45, 7) is 1.79. The molecular formula is C20H25N5O. The molecule has 136 valence electrons. The lowest BCUT2D eigenvalue weighted by Gasteiger charge is -2.33. The average Bonchev–Trinajstić information content (AvgIpc) is 3.20. The molecule has 1 aromatic carbocycles. The van der Waals surface area contributed by atoms with Gasteiger partial charge >= 0.3 is 0 Å². The second-order valence-corrected chi connectivity index (χ2v) is 7.09. The third-order valence-corrected chi connectivity index (χ3v) is 5.38. The Balaban J connectivity index is 1.26. The molecule has 2 fully saturated rings. The van der Waals surface area contributed by atoms with E-state index in [4.69, 9.17) is 0 Å². The summed E-state index contributed by atoms with van der Waals surface area (Å²) in [5.41, 5.74) is 1.26. The zero-order valence-corrected chi connectivity index (χ0v) is 14.8. The predicted octanol–water partition coefficient (Wildman–Crippen LogP) is 2.05. The van der Waals surface area contributed by atoms with E-state index < -0.39 is 0 Å². The number of amides is 1. The van der Waals surface area contributed by atoms with Gasteiger partial charge in [-0.2, -0.15) is 0 Å². The highest BCUT2D eigenvalue weighted by Crippen LogP contribution is 2.26. The number of rotatable bonds is 4. The summed E-state index contributed by atoms with van der Waals surface area (Å²) in [5, 5.41) is 6.73. The molecular weight excluding hydrogens is 326 g/mol. The van der Waals surface area contributed by atoms with E-state index in [-0.39, 0.29) is 24.0 Å². The van der Waals surface area contributed by atoms with Crippen LogP contribution in [0, 0.1) is 0 Å². The van der Waals surface area contributed by atoms with Gasteiger partial charge in [-0.05, 0) is 31.2 Å². The number of aromatic nitrogens is 2. The average molecular weight is 351 g/mol. The van der Waals surface area contributed by atoms with Crippen LogP contribution >= 0.6 is 0 Å². The maximum Gasteiger partial charge on any atom is 0.237 e. The van der Waals surface area contributed by atoms with Crippen LogP contribution in [0.1, 0.15) is 37.3 Å². The van der Waals surface area contributed by atoms with Crippen molar-refractivity contribution in [3.8, 4) is 0 Å². The van der Waals surface area contributed by atoms with Crippen molar-refractivity contribution in [1.82, 2.24) is 20.6 Å². The molecule has 2 aliphatic heterocycles. The number of carbonyl (C=O) groups excluding carboxylic acids is 1. The van der Waals surface area contributed by atoms with Crippen molar-refractivity contribution in [3.05, 3.63) is 54.5 Å². The van der Waals surface area contributed by atoms with Crippen LogP contribution in [-0.4, -0.2) is 41.0 Å². The van der Waals surface area contributed by atoms with E-state index in [0.29, 0.717) is 0 Å². The lowest BCUT2D eigenvalue weighted by atomic mass is 10.0. The first kappa shape index (κ1) is 17.0. The van der Waals surface area contributed by atoms with E-state index >= 15 is 0 Å². The standard InChI is InChI=1S/C20H25N5O/c26-20(18-7-6-17(24-18)15-4-2-1-3-5-15)23-16-8-12-25(13-9-16)19-14-21-10-11-22-19/h1-5,10-11,14,16-18,24H,6-9,12-13H2,(H,23,26)/t17-,18-/m1/s1. The smallest absolute Gasteiger partial charge is 0.237 e. The fourth-order valence-electron chi connectivity index (χ4n) is 3.91. The molecule has 2 saturated heterocycles. The van der Waals surface area contributed by atoms with Crippen LogP contribution in [0.2, 0.25) is 0 Å². The maximum atomic E-state index is 12.6. The van der Waals surface area contributed by atoms with E-state index in [1.54, 1.807) is 18.6 Å². The second kappa shape index (κ2) is 7.83. The molecule has 4 rings (SSSR count). The van der Waals surface area contributed by atoms with E-state index in [2.05, 4.69) is 49.8 Å². The van der Waals surface area contributed by atoms with Gasteiger partial charge in [0.15, 0.2) is 0 Å². The number of hydrogen-bond donors (Lipinski definition) is 2. The molecule has 1 aromatic heterocycles. The number of piperidine rings is 1. The molecule has 3 heterocycles. The molecule has 2 aliphatic rings. The Labute approximate surface area is 154 Å². The second-order valence-electron chi connectivity index (χ2n) is 7.09. The first-order valence-electron chi connectivity index (χ1n) is 9.42. The van der Waals surface area contributed by atoms with Crippen molar-refractivity contribution in [1.29, 1.82) is 0 Å². The molecule has 6 nitrogen and oxygen atoms in total. The summed E-state index contributed by atoms with van der Waals surface area (Å²) in [6.07, 6.45) is 8.99. The van der Waals surface area contributed by atoms with Crippen LogP contribution < -0.4 is 15.5 Å². The van der Waals surface area contributed by atoms with Gasteiger partial charge in [-0.25, -0.2) is 4.98 Å². The minimum atomic E-state index is -0.0850. The molecule has 2 atom stereocenters. The Morgan fingerprint density at radius 1 is 1.08 bits per heavy atom. The van der Waals surface area contributed by atoms with Crippen molar-refractivity contribution in [2.45, 2.75) is 43.8 Å². The van der Waals surface area contributed by atoms with Gasteiger partial charge in [0.05, 0.1) is 12.2 Å². The lowest BCUT2D eigenvalue weighted by Crippen LogP contribution is -2.49. The number of nitrogens with one attached hydrogen (secondary N) is 2. The van der Waals surface area contributed by atoms with Gasteiger partial charge in [-0.15, -0.1) is 0 Å². The van der Waals surface area contributed by atoms with Crippen LogP contribution in [0.4, 0.5) is 5.82 Å². The van der Waals surface area contributed by atoms with E-state index in [1.807, 2.05) is 6.07 Å². The van der Waals surface area contributed by atoms with E-state index in [9.17, 15) is 4.79 Å². The van der Waals surface area contributed by atoms with Crippen molar-refractivity contribution in [3.63, 3.8) is 0 Å². The molecule has 2 aromatic rings. The van der Waals surface area contributed by atoms with Crippen LogP contribution in [-0.2, 0) is 4.79 Å². The Bertz CT molecular complexity index is 715. The van der Waals surface area contributed by atoms with E-state index in [1.165, 1.54) is 5.56 Å². The summed E-state index contributed by atoms with van der Waals surface area (Å²) in [4.78, 5) is 23.3. The van der Waals surface area contributed by atoms with Crippen LogP contribution in [0.5, 0.6) is 0 Å². The lowest BCUT2D eigenvalue weighted by molar-refractivity contribution is -0.123. The molecule has 0 saturated carbocycles. The quantitative estimate of drug-likeness (QED) is 0.882. The minimum absolute atomic E-state index is 0.0850. The zero-order valence-electron chi connectivity index (χ0n) is 14.8. The summed E-state index contributed by atoms with van der Waals surface area (Å²) in [5.74, 6) is 1.06. The normalized spacial score (nSPS) is 23.8. The Hall–Kier alpha value is -2.47. The van der Waals surface area contributed by atoms with Crippen molar-refractivity contribution in [2.75, 3.05) is 18.0 Å². The summed E-state index contributed by atoms with van der Waals surface area (Å²) in [7, 11) is 0. The summed E-state index contributed by atoms with van der Waals surface area (Å²) < 4.78 is 0. The van der Waals surface area contributed by atoms with Crippen molar-refractivity contribution >= 4 is 11.7 Å². The molecule has 0 bridgehead atoms. The van der Waals surface area contributed by atoms with Gasteiger partial charge in [-0.1, -0.05) is 30.3 Å². The monoisotopic (exact) mass is 351 g/mol. The Kier molecular flexibility index (Phi) is 5.11. The molecule has 0 unspecified atom stereocenters. The third kappa shape index (κ3) is 3.85. The van der Waals surface area contributed by atoms with Gasteiger partial charge in [0.25, 0.3) is 0 Å². The van der Waals surface area contributed by atoms with Crippen molar-refractivity contribution in [2.24, 2.45) is 0 Å². The molecule has 2 N–H and O–H groups in total. The topological polar surface area (TPSA) is 70.2 Å². The van der Waals surface area contributed by atoms with Crippen LogP contribution in [0.25, 0.3) is 0 Å². The largest absolute Gasteiger partial charge is 0.355 e. The van der Waals surface area contributed by atoms with Gasteiger partial charge in [-0.3, -0.25) is 15.1 Å². The van der Waals surface area contributed by atoms with Gasteiger partial charge in [0, 0.05) is 37.6 Å². The number of anilines is 1. The van der Waals surface area contributed by atoms with Gasteiger partial charge in [0.2, 0.25) is 5.91 Å². The number of nitrogens with zero attached hydrogens (tertiary/aromatic N) is 3. The zero-order chi connectivity index (χ0) is 17.8. The van der Waals surface area contributed by atoms with Gasteiger partial charge < -0.3 is 10.2 Å². The number of benzene rings is 1. The first-order chi connectivity index (χ1) is 12.8. The molecule has 0 radical (unpaired) electrons. The SMILES string of the molecule is O=C(NC1CCN(c2cnccn2)CC1)[C@H]1CC[C@H](c2ccccc2)N1. The van der Waals surface area contributed by atoms with Crippen LogP contribution in [0.15, 0.2) is 48.9 Å². The Morgan fingerprint density at radius 2 is 1.88 bits per heavy atom.